The van der Waals surface area contributed by atoms with Crippen molar-refractivity contribution < 1.29 is 14.5 Å². The van der Waals surface area contributed by atoms with Crippen molar-refractivity contribution >= 4 is 17.4 Å². The van der Waals surface area contributed by atoms with Gasteiger partial charge in [-0.2, -0.15) is 0 Å². The van der Waals surface area contributed by atoms with Gasteiger partial charge < -0.3 is 15.1 Å². The molecule has 0 saturated carbocycles. The van der Waals surface area contributed by atoms with Crippen molar-refractivity contribution in [3.05, 3.63) is 65.7 Å². The Morgan fingerprint density at radius 2 is 1.63 bits per heavy atom. The minimum Gasteiger partial charge on any atom is -0.360 e. The number of anilines is 1. The van der Waals surface area contributed by atoms with Gasteiger partial charge in [-0.3, -0.25) is 9.59 Å². The second kappa shape index (κ2) is 10.4. The van der Waals surface area contributed by atoms with Crippen LogP contribution in [-0.4, -0.2) is 44.4 Å². The molecule has 1 aliphatic heterocycles. The molecule has 1 amide bonds. The first-order valence-corrected chi connectivity index (χ1v) is 11.0. The summed E-state index contributed by atoms with van der Waals surface area (Å²) in [5, 5.41) is 3.27. The predicted molar refractivity (Wildman–Crippen MR) is 121 cm³/mol. The molecule has 1 fully saturated rings. The summed E-state index contributed by atoms with van der Waals surface area (Å²) in [5.41, 5.74) is 3.06. The van der Waals surface area contributed by atoms with E-state index in [1.807, 2.05) is 42.5 Å². The number of piperazine rings is 1. The van der Waals surface area contributed by atoms with Gasteiger partial charge in [0.25, 0.3) is 5.91 Å². The highest BCUT2D eigenvalue weighted by Crippen LogP contribution is 2.21. The van der Waals surface area contributed by atoms with E-state index >= 15 is 0 Å². The van der Waals surface area contributed by atoms with Crippen molar-refractivity contribution in [1.82, 2.24) is 5.32 Å². The molecule has 2 aromatic carbocycles. The SMILES string of the molecule is CC(=O)c1ccc(N2CC[NH+](CC(=O)N[C@H](CC(C)C)c3ccccc3)CC2)cc1. The molecule has 0 radical (unpaired) electrons. The monoisotopic (exact) mass is 408 g/mol. The van der Waals surface area contributed by atoms with E-state index in [0.29, 0.717) is 12.5 Å². The quantitative estimate of drug-likeness (QED) is 0.660. The van der Waals surface area contributed by atoms with E-state index in [1.165, 1.54) is 10.5 Å². The maximum absolute atomic E-state index is 12.8. The topological polar surface area (TPSA) is 53.9 Å². The molecule has 1 atom stereocenters. The van der Waals surface area contributed by atoms with Gasteiger partial charge >= 0.3 is 0 Å². The highest BCUT2D eigenvalue weighted by atomic mass is 16.2. The lowest BCUT2D eigenvalue weighted by Crippen LogP contribution is -3.16. The minimum atomic E-state index is 0.0687. The fraction of sp³-hybridized carbons (Fsp3) is 0.440. The number of benzene rings is 2. The van der Waals surface area contributed by atoms with Crippen LogP contribution in [0.4, 0.5) is 5.69 Å². The Hall–Kier alpha value is -2.66. The molecule has 3 rings (SSSR count). The van der Waals surface area contributed by atoms with Gasteiger partial charge in [0.15, 0.2) is 12.3 Å². The Labute approximate surface area is 180 Å². The predicted octanol–water partition coefficient (Wildman–Crippen LogP) is 2.50. The summed E-state index contributed by atoms with van der Waals surface area (Å²) < 4.78 is 0. The molecule has 5 nitrogen and oxygen atoms in total. The molecule has 0 unspecified atom stereocenters. The third-order valence-electron chi connectivity index (χ3n) is 5.76. The lowest BCUT2D eigenvalue weighted by atomic mass is 9.97. The Balaban J connectivity index is 1.51. The number of hydrogen-bond donors (Lipinski definition) is 2. The first-order valence-electron chi connectivity index (χ1n) is 11.0. The van der Waals surface area contributed by atoms with Crippen LogP contribution in [0.15, 0.2) is 54.6 Å². The summed E-state index contributed by atoms with van der Waals surface area (Å²) >= 11 is 0. The molecule has 2 N–H and O–H groups in total. The van der Waals surface area contributed by atoms with Gasteiger partial charge in [0.1, 0.15) is 0 Å². The van der Waals surface area contributed by atoms with Crippen LogP contribution >= 0.6 is 0 Å². The zero-order valence-corrected chi connectivity index (χ0v) is 18.4. The van der Waals surface area contributed by atoms with Crippen LogP contribution in [0.5, 0.6) is 0 Å². The normalized spacial score (nSPS) is 15.8. The van der Waals surface area contributed by atoms with Crippen LogP contribution in [0.2, 0.25) is 0 Å². The van der Waals surface area contributed by atoms with Gasteiger partial charge in [0.2, 0.25) is 0 Å². The average Bonchev–Trinajstić information content (AvgIpc) is 2.74. The molecule has 5 heteroatoms. The van der Waals surface area contributed by atoms with E-state index in [2.05, 4.69) is 36.2 Å². The van der Waals surface area contributed by atoms with E-state index in [0.717, 1.165) is 43.9 Å². The van der Waals surface area contributed by atoms with Crippen molar-refractivity contribution in [2.45, 2.75) is 33.2 Å². The molecule has 0 aromatic heterocycles. The zero-order chi connectivity index (χ0) is 21.5. The Morgan fingerprint density at radius 1 is 1.00 bits per heavy atom. The summed E-state index contributed by atoms with van der Waals surface area (Å²) in [5.74, 6) is 0.729. The minimum absolute atomic E-state index is 0.0687. The fourth-order valence-electron chi connectivity index (χ4n) is 4.07. The number of Topliss-reactive ketones (excluding diaryl/α,β-unsaturated/α-hetero) is 1. The van der Waals surface area contributed by atoms with Crippen LogP contribution < -0.4 is 15.1 Å². The summed E-state index contributed by atoms with van der Waals surface area (Å²) in [6.07, 6.45) is 0.940. The average molecular weight is 409 g/mol. The van der Waals surface area contributed by atoms with E-state index in [-0.39, 0.29) is 17.7 Å². The number of nitrogens with zero attached hydrogens (tertiary/aromatic N) is 1. The van der Waals surface area contributed by atoms with Crippen molar-refractivity contribution in [2.24, 2.45) is 5.92 Å². The molecular weight excluding hydrogens is 374 g/mol. The molecule has 1 aliphatic rings. The fourth-order valence-corrected chi connectivity index (χ4v) is 4.07. The van der Waals surface area contributed by atoms with Gasteiger partial charge in [-0.05, 0) is 49.1 Å². The molecule has 1 heterocycles. The van der Waals surface area contributed by atoms with Crippen LogP contribution in [0.1, 0.15) is 49.2 Å². The number of carbonyl (C=O) groups excluding carboxylic acids is 2. The van der Waals surface area contributed by atoms with E-state index in [9.17, 15) is 9.59 Å². The number of amides is 1. The summed E-state index contributed by atoms with van der Waals surface area (Å²) in [4.78, 5) is 27.9. The molecule has 160 valence electrons. The number of carbonyl (C=O) groups is 2. The highest BCUT2D eigenvalue weighted by molar-refractivity contribution is 5.94. The number of hydrogen-bond acceptors (Lipinski definition) is 3. The van der Waals surface area contributed by atoms with Crippen molar-refractivity contribution in [1.29, 1.82) is 0 Å². The van der Waals surface area contributed by atoms with Crippen LogP contribution in [0, 0.1) is 5.92 Å². The molecule has 0 bridgehead atoms. The third kappa shape index (κ3) is 6.17. The molecular formula is C25H34N3O2+. The lowest BCUT2D eigenvalue weighted by Gasteiger charge is -2.33. The lowest BCUT2D eigenvalue weighted by molar-refractivity contribution is -0.892. The summed E-state index contributed by atoms with van der Waals surface area (Å²) in [6.45, 7) is 10.2. The standard InChI is InChI=1S/C25H33N3O2/c1-19(2)17-24(22-7-5-4-6-8-22)26-25(30)18-27-13-15-28(16-14-27)23-11-9-21(10-12-23)20(3)29/h4-12,19,24H,13-18H2,1-3H3,(H,26,30)/p+1/t24-/m1/s1. The van der Waals surface area contributed by atoms with Gasteiger partial charge in [-0.15, -0.1) is 0 Å². The second-order valence-electron chi connectivity index (χ2n) is 8.68. The number of quaternary nitrogens is 1. The smallest absolute Gasteiger partial charge is 0.275 e. The maximum atomic E-state index is 12.8. The molecule has 2 aromatic rings. The van der Waals surface area contributed by atoms with E-state index < -0.39 is 0 Å². The molecule has 0 spiro atoms. The third-order valence-corrected chi connectivity index (χ3v) is 5.76. The zero-order valence-electron chi connectivity index (χ0n) is 18.4. The van der Waals surface area contributed by atoms with E-state index in [4.69, 9.17) is 0 Å². The molecule has 30 heavy (non-hydrogen) atoms. The van der Waals surface area contributed by atoms with Crippen LogP contribution in [0.3, 0.4) is 0 Å². The Kier molecular flexibility index (Phi) is 7.63. The van der Waals surface area contributed by atoms with Crippen molar-refractivity contribution in [2.75, 3.05) is 37.6 Å². The highest BCUT2D eigenvalue weighted by Gasteiger charge is 2.24. The number of ketones is 1. The Bertz CT molecular complexity index is 825. The number of nitrogens with one attached hydrogen (secondary N) is 2. The first kappa shape index (κ1) is 22.0. The van der Waals surface area contributed by atoms with Crippen LogP contribution in [0.25, 0.3) is 0 Å². The molecule has 0 aliphatic carbocycles. The van der Waals surface area contributed by atoms with Crippen LogP contribution in [-0.2, 0) is 4.79 Å². The van der Waals surface area contributed by atoms with Gasteiger partial charge in [-0.1, -0.05) is 44.2 Å². The van der Waals surface area contributed by atoms with Gasteiger partial charge in [0, 0.05) is 11.3 Å². The van der Waals surface area contributed by atoms with Crippen molar-refractivity contribution in [3.8, 4) is 0 Å². The van der Waals surface area contributed by atoms with Gasteiger partial charge in [-0.25, -0.2) is 0 Å². The maximum Gasteiger partial charge on any atom is 0.275 e. The first-order chi connectivity index (χ1) is 14.4. The number of rotatable bonds is 8. The van der Waals surface area contributed by atoms with Gasteiger partial charge in [0.05, 0.1) is 32.2 Å². The molecule has 1 saturated heterocycles. The van der Waals surface area contributed by atoms with Crippen molar-refractivity contribution in [3.63, 3.8) is 0 Å². The largest absolute Gasteiger partial charge is 0.360 e. The summed E-state index contributed by atoms with van der Waals surface area (Å²) in [7, 11) is 0. The summed E-state index contributed by atoms with van der Waals surface area (Å²) in [6, 6.07) is 18.1. The van der Waals surface area contributed by atoms with E-state index in [1.54, 1.807) is 6.92 Å². The Morgan fingerprint density at radius 3 is 2.20 bits per heavy atom. The second-order valence-corrected chi connectivity index (χ2v) is 8.68.